The topological polar surface area (TPSA) is 46.9 Å². The lowest BCUT2D eigenvalue weighted by molar-refractivity contribution is 0.103. The van der Waals surface area contributed by atoms with Gasteiger partial charge in [-0.3, -0.25) is 4.79 Å². The van der Waals surface area contributed by atoms with E-state index in [-0.39, 0.29) is 5.91 Å². The highest BCUT2D eigenvalue weighted by Crippen LogP contribution is 2.21. The number of anilines is 1. The maximum Gasteiger partial charge on any atom is 0.266 e. The predicted octanol–water partition coefficient (Wildman–Crippen LogP) is 4.15. The Morgan fingerprint density at radius 3 is 2.86 bits per heavy atom. The van der Waals surface area contributed by atoms with E-state index in [4.69, 9.17) is 11.6 Å². The van der Waals surface area contributed by atoms with Crippen molar-refractivity contribution in [3.63, 3.8) is 0 Å². The molecule has 0 saturated carbocycles. The van der Waals surface area contributed by atoms with E-state index >= 15 is 0 Å². The third kappa shape index (κ3) is 2.99. The van der Waals surface area contributed by atoms with Crippen LogP contribution in [0, 0.1) is 6.92 Å². The molecule has 21 heavy (non-hydrogen) atoms. The van der Waals surface area contributed by atoms with Crippen molar-refractivity contribution in [1.82, 2.24) is 9.78 Å². The number of hydrogen-bond acceptors (Lipinski definition) is 3. The van der Waals surface area contributed by atoms with Gasteiger partial charge in [-0.05, 0) is 36.6 Å². The van der Waals surface area contributed by atoms with Gasteiger partial charge in [0.1, 0.15) is 5.82 Å². The van der Waals surface area contributed by atoms with Crippen LogP contribution in [0.1, 0.15) is 15.4 Å². The number of carbonyl (C=O) groups is 1. The molecule has 3 aromatic rings. The van der Waals surface area contributed by atoms with E-state index in [1.807, 2.05) is 36.6 Å². The summed E-state index contributed by atoms with van der Waals surface area (Å²) in [5.41, 5.74) is 1.62. The van der Waals surface area contributed by atoms with Crippen molar-refractivity contribution in [3.05, 3.63) is 63.4 Å². The monoisotopic (exact) mass is 317 g/mol. The van der Waals surface area contributed by atoms with E-state index < -0.39 is 0 Å². The number of hydrogen-bond donors (Lipinski definition) is 1. The van der Waals surface area contributed by atoms with Gasteiger partial charge >= 0.3 is 0 Å². The lowest BCUT2D eigenvalue weighted by Gasteiger charge is -2.08. The van der Waals surface area contributed by atoms with Gasteiger partial charge in [0.15, 0.2) is 0 Å². The number of nitrogens with zero attached hydrogens (tertiary/aromatic N) is 2. The molecule has 3 rings (SSSR count). The molecule has 1 amide bonds. The van der Waals surface area contributed by atoms with Gasteiger partial charge in [-0.15, -0.1) is 11.3 Å². The third-order valence-corrected chi connectivity index (χ3v) is 3.97. The van der Waals surface area contributed by atoms with Gasteiger partial charge in [-0.1, -0.05) is 23.7 Å². The summed E-state index contributed by atoms with van der Waals surface area (Å²) in [6.07, 6.45) is 0. The fourth-order valence-electron chi connectivity index (χ4n) is 1.98. The molecule has 1 N–H and O–H groups in total. The van der Waals surface area contributed by atoms with Crippen molar-refractivity contribution >= 4 is 34.7 Å². The van der Waals surface area contributed by atoms with E-state index in [1.165, 1.54) is 11.3 Å². The molecule has 6 heteroatoms. The van der Waals surface area contributed by atoms with Crippen molar-refractivity contribution in [3.8, 4) is 5.69 Å². The molecule has 0 unspecified atom stereocenters. The largest absolute Gasteiger partial charge is 0.306 e. The molecule has 0 radical (unpaired) electrons. The second-order valence-corrected chi connectivity index (χ2v) is 5.88. The van der Waals surface area contributed by atoms with Gasteiger partial charge in [0.2, 0.25) is 0 Å². The molecule has 0 spiro atoms. The van der Waals surface area contributed by atoms with Crippen LogP contribution in [0.3, 0.4) is 0 Å². The van der Waals surface area contributed by atoms with Crippen molar-refractivity contribution in [2.45, 2.75) is 6.92 Å². The molecule has 106 valence electrons. The number of rotatable bonds is 3. The molecular weight excluding hydrogens is 306 g/mol. The summed E-state index contributed by atoms with van der Waals surface area (Å²) in [5.74, 6) is 0.473. The van der Waals surface area contributed by atoms with Crippen LogP contribution in [0.15, 0.2) is 47.8 Å². The van der Waals surface area contributed by atoms with E-state index in [0.717, 1.165) is 11.4 Å². The summed E-state index contributed by atoms with van der Waals surface area (Å²) in [4.78, 5) is 12.8. The van der Waals surface area contributed by atoms with Crippen LogP contribution in [0.2, 0.25) is 5.02 Å². The second-order valence-electron chi connectivity index (χ2n) is 4.49. The number of aryl methyl sites for hydroxylation is 1. The number of benzene rings is 1. The molecule has 2 aromatic heterocycles. The molecule has 0 atom stereocenters. The Kier molecular flexibility index (Phi) is 3.77. The number of nitrogens with one attached hydrogen (secondary N) is 1. The lowest BCUT2D eigenvalue weighted by atomic mass is 10.3. The van der Waals surface area contributed by atoms with E-state index in [2.05, 4.69) is 10.4 Å². The smallest absolute Gasteiger partial charge is 0.266 e. The van der Waals surface area contributed by atoms with Gasteiger partial charge < -0.3 is 5.32 Å². The third-order valence-electron chi connectivity index (χ3n) is 2.87. The fourth-order valence-corrected chi connectivity index (χ4v) is 2.78. The van der Waals surface area contributed by atoms with Gasteiger partial charge in [-0.2, -0.15) is 5.10 Å². The molecule has 2 heterocycles. The molecule has 1 aromatic carbocycles. The second kappa shape index (κ2) is 5.71. The minimum atomic E-state index is -0.145. The summed E-state index contributed by atoms with van der Waals surface area (Å²) in [6.45, 7) is 1.88. The van der Waals surface area contributed by atoms with Crippen molar-refractivity contribution in [2.75, 3.05) is 5.32 Å². The number of thiophene rings is 1. The summed E-state index contributed by atoms with van der Waals surface area (Å²) < 4.78 is 1.67. The average molecular weight is 318 g/mol. The highest BCUT2D eigenvalue weighted by Gasteiger charge is 2.13. The predicted molar refractivity (Wildman–Crippen MR) is 85.6 cm³/mol. The Hall–Kier alpha value is -2.11. The Morgan fingerprint density at radius 2 is 2.14 bits per heavy atom. The van der Waals surface area contributed by atoms with E-state index in [0.29, 0.717) is 15.7 Å². The average Bonchev–Trinajstić information content (AvgIpc) is 3.08. The first-order chi connectivity index (χ1) is 10.1. The Morgan fingerprint density at radius 1 is 1.29 bits per heavy atom. The molecule has 0 aliphatic rings. The van der Waals surface area contributed by atoms with Crippen molar-refractivity contribution in [2.24, 2.45) is 0 Å². The lowest BCUT2D eigenvalue weighted by Crippen LogP contribution is -2.13. The maximum atomic E-state index is 12.2. The first-order valence-electron chi connectivity index (χ1n) is 6.31. The van der Waals surface area contributed by atoms with E-state index in [1.54, 1.807) is 22.9 Å². The van der Waals surface area contributed by atoms with Crippen LogP contribution < -0.4 is 5.32 Å². The SMILES string of the molecule is Cc1cc(NC(=O)c2cccs2)n(-c2cccc(Cl)c2)n1. The minimum Gasteiger partial charge on any atom is -0.306 e. The molecule has 4 nitrogen and oxygen atoms in total. The number of carbonyl (C=O) groups excluding carboxylic acids is 1. The van der Waals surface area contributed by atoms with E-state index in [9.17, 15) is 4.79 Å². The number of amides is 1. The zero-order valence-corrected chi connectivity index (χ0v) is 12.8. The number of halogens is 1. The Balaban J connectivity index is 1.95. The zero-order valence-electron chi connectivity index (χ0n) is 11.2. The van der Waals surface area contributed by atoms with Gasteiger partial charge in [0, 0.05) is 11.1 Å². The fraction of sp³-hybridized carbons (Fsp3) is 0.0667. The minimum absolute atomic E-state index is 0.145. The summed E-state index contributed by atoms with van der Waals surface area (Å²) in [5, 5.41) is 9.77. The van der Waals surface area contributed by atoms with Crippen LogP contribution in [0.25, 0.3) is 5.69 Å². The Labute approximate surface area is 131 Å². The van der Waals surface area contributed by atoms with Crippen LogP contribution in [-0.4, -0.2) is 15.7 Å². The molecule has 0 aliphatic carbocycles. The standard InChI is InChI=1S/C15H12ClN3OS/c1-10-8-14(17-15(20)13-6-3-7-21-13)19(18-10)12-5-2-4-11(16)9-12/h2-9H,1H3,(H,17,20). The zero-order chi connectivity index (χ0) is 14.8. The maximum absolute atomic E-state index is 12.2. The molecule has 0 aliphatic heterocycles. The molecule has 0 fully saturated rings. The highest BCUT2D eigenvalue weighted by molar-refractivity contribution is 7.12. The van der Waals surface area contributed by atoms with Crippen molar-refractivity contribution in [1.29, 1.82) is 0 Å². The first-order valence-corrected chi connectivity index (χ1v) is 7.57. The first kappa shape index (κ1) is 13.9. The number of aromatic nitrogens is 2. The van der Waals surface area contributed by atoms with Crippen LogP contribution >= 0.6 is 22.9 Å². The highest BCUT2D eigenvalue weighted by atomic mass is 35.5. The molecule has 0 bridgehead atoms. The summed E-state index contributed by atoms with van der Waals surface area (Å²) in [7, 11) is 0. The Bertz CT molecular complexity index is 780. The van der Waals surface area contributed by atoms with Crippen LogP contribution in [0.4, 0.5) is 5.82 Å². The van der Waals surface area contributed by atoms with Gasteiger partial charge in [0.05, 0.1) is 16.3 Å². The summed E-state index contributed by atoms with van der Waals surface area (Å²) >= 11 is 7.41. The normalized spacial score (nSPS) is 10.6. The summed E-state index contributed by atoms with van der Waals surface area (Å²) in [6, 6.07) is 12.8. The van der Waals surface area contributed by atoms with Crippen molar-refractivity contribution < 1.29 is 4.79 Å². The molecular formula is C15H12ClN3OS. The quantitative estimate of drug-likeness (QED) is 0.789. The van der Waals surface area contributed by atoms with Gasteiger partial charge in [0.25, 0.3) is 5.91 Å². The van der Waals surface area contributed by atoms with Crippen LogP contribution in [0.5, 0.6) is 0 Å². The van der Waals surface area contributed by atoms with Crippen LogP contribution in [-0.2, 0) is 0 Å². The molecule has 0 saturated heterocycles. The van der Waals surface area contributed by atoms with Gasteiger partial charge in [-0.25, -0.2) is 4.68 Å².